The Bertz CT molecular complexity index is 637. The second-order valence-corrected chi connectivity index (χ2v) is 5.66. The van der Waals surface area contributed by atoms with Crippen LogP contribution in [-0.4, -0.2) is 27.1 Å². The van der Waals surface area contributed by atoms with Gasteiger partial charge in [-0.2, -0.15) is 0 Å². The molecule has 0 saturated heterocycles. The Morgan fingerprint density at radius 1 is 1.09 bits per heavy atom. The van der Waals surface area contributed by atoms with Crippen molar-refractivity contribution in [3.63, 3.8) is 0 Å². The van der Waals surface area contributed by atoms with Crippen molar-refractivity contribution >= 4 is 11.8 Å². The number of hydrogen-bond acceptors (Lipinski definition) is 4. The highest BCUT2D eigenvalue weighted by Gasteiger charge is 2.25. The molecule has 0 spiro atoms. The van der Waals surface area contributed by atoms with Crippen molar-refractivity contribution in [3.05, 3.63) is 42.6 Å². The summed E-state index contributed by atoms with van der Waals surface area (Å²) in [4.78, 5) is 19.8. The van der Waals surface area contributed by atoms with E-state index in [0.717, 1.165) is 37.1 Å². The third-order valence-corrected chi connectivity index (χ3v) is 4.12. The van der Waals surface area contributed by atoms with E-state index in [-0.39, 0.29) is 12.0 Å². The Hall–Kier alpha value is -2.43. The normalized spacial score (nSPS) is 21.3. The molecule has 0 atom stereocenters. The van der Waals surface area contributed by atoms with Crippen LogP contribution >= 0.6 is 0 Å². The molecule has 114 valence electrons. The van der Waals surface area contributed by atoms with Crippen molar-refractivity contribution in [2.75, 3.05) is 5.32 Å². The molecule has 1 heterocycles. The van der Waals surface area contributed by atoms with Crippen LogP contribution in [0.4, 0.5) is 5.82 Å². The molecule has 2 aromatic rings. The van der Waals surface area contributed by atoms with Crippen LogP contribution in [0.2, 0.25) is 0 Å². The van der Waals surface area contributed by atoms with Gasteiger partial charge in [0.2, 0.25) is 0 Å². The Morgan fingerprint density at radius 3 is 2.50 bits per heavy atom. The van der Waals surface area contributed by atoms with Crippen molar-refractivity contribution in [1.82, 2.24) is 9.97 Å². The molecule has 1 fully saturated rings. The lowest BCUT2D eigenvalue weighted by Gasteiger charge is -2.27. The van der Waals surface area contributed by atoms with Gasteiger partial charge in [-0.25, -0.2) is 9.97 Å². The minimum Gasteiger partial charge on any atom is -0.481 e. The van der Waals surface area contributed by atoms with Crippen LogP contribution in [0.15, 0.2) is 42.6 Å². The maximum atomic E-state index is 11.0. The lowest BCUT2D eigenvalue weighted by atomic mass is 9.86. The average Bonchev–Trinajstić information content (AvgIpc) is 2.56. The summed E-state index contributed by atoms with van der Waals surface area (Å²) in [5.74, 6) is 0.632. The SMILES string of the molecule is O=C(O)C1CCC(Nc2ccnc(-c3ccccc3)n2)CC1. The maximum Gasteiger partial charge on any atom is 0.306 e. The number of carboxylic acid groups (broad SMARTS) is 1. The molecule has 0 amide bonds. The molecular formula is C17H19N3O2. The van der Waals surface area contributed by atoms with Crippen molar-refractivity contribution < 1.29 is 9.90 Å². The molecule has 1 aliphatic carbocycles. The number of anilines is 1. The molecule has 0 aliphatic heterocycles. The van der Waals surface area contributed by atoms with Crippen LogP contribution in [0.25, 0.3) is 11.4 Å². The van der Waals surface area contributed by atoms with Gasteiger partial charge >= 0.3 is 5.97 Å². The number of carbonyl (C=O) groups is 1. The number of aliphatic carboxylic acids is 1. The first-order chi connectivity index (χ1) is 10.7. The summed E-state index contributed by atoms with van der Waals surface area (Å²) < 4.78 is 0. The van der Waals surface area contributed by atoms with Crippen molar-refractivity contribution in [3.8, 4) is 11.4 Å². The summed E-state index contributed by atoms with van der Waals surface area (Å²) in [6.45, 7) is 0. The highest BCUT2D eigenvalue weighted by molar-refractivity contribution is 5.70. The van der Waals surface area contributed by atoms with Crippen molar-refractivity contribution in [2.45, 2.75) is 31.7 Å². The average molecular weight is 297 g/mol. The zero-order valence-corrected chi connectivity index (χ0v) is 12.3. The largest absolute Gasteiger partial charge is 0.481 e. The summed E-state index contributed by atoms with van der Waals surface area (Å²) in [5, 5.41) is 12.4. The van der Waals surface area contributed by atoms with Crippen LogP contribution < -0.4 is 5.32 Å². The first kappa shape index (κ1) is 14.5. The Morgan fingerprint density at radius 2 is 1.82 bits per heavy atom. The monoisotopic (exact) mass is 297 g/mol. The van der Waals surface area contributed by atoms with Crippen LogP contribution in [0.3, 0.4) is 0 Å². The van der Waals surface area contributed by atoms with Crippen LogP contribution in [0, 0.1) is 5.92 Å². The summed E-state index contributed by atoms with van der Waals surface area (Å²) in [6, 6.07) is 12.0. The number of hydrogen-bond donors (Lipinski definition) is 2. The Balaban J connectivity index is 1.66. The molecule has 1 aromatic heterocycles. The van der Waals surface area contributed by atoms with E-state index in [9.17, 15) is 4.79 Å². The Kier molecular flexibility index (Phi) is 4.32. The Labute approximate surface area is 129 Å². The third kappa shape index (κ3) is 3.42. The van der Waals surface area contributed by atoms with E-state index in [1.807, 2.05) is 36.4 Å². The minimum atomic E-state index is -0.674. The lowest BCUT2D eigenvalue weighted by Crippen LogP contribution is -2.29. The van der Waals surface area contributed by atoms with E-state index in [1.54, 1.807) is 6.20 Å². The van der Waals surface area contributed by atoms with Gasteiger partial charge in [0.05, 0.1) is 5.92 Å². The fourth-order valence-corrected chi connectivity index (χ4v) is 2.86. The number of benzene rings is 1. The van der Waals surface area contributed by atoms with E-state index in [1.165, 1.54) is 0 Å². The van der Waals surface area contributed by atoms with Crippen LogP contribution in [0.1, 0.15) is 25.7 Å². The summed E-state index contributed by atoms with van der Waals surface area (Å²) in [5.41, 5.74) is 0.987. The van der Waals surface area contributed by atoms with Gasteiger partial charge in [-0.3, -0.25) is 4.79 Å². The van der Waals surface area contributed by atoms with Gasteiger partial charge in [0, 0.05) is 17.8 Å². The fraction of sp³-hybridized carbons (Fsp3) is 0.353. The molecule has 5 nitrogen and oxygen atoms in total. The smallest absolute Gasteiger partial charge is 0.306 e. The van der Waals surface area contributed by atoms with E-state index in [4.69, 9.17) is 5.11 Å². The fourth-order valence-electron chi connectivity index (χ4n) is 2.86. The van der Waals surface area contributed by atoms with Crippen LogP contribution in [0.5, 0.6) is 0 Å². The van der Waals surface area contributed by atoms with Crippen molar-refractivity contribution in [1.29, 1.82) is 0 Å². The van der Waals surface area contributed by atoms with Crippen LogP contribution in [-0.2, 0) is 4.79 Å². The van der Waals surface area contributed by atoms with Gasteiger partial charge in [0.15, 0.2) is 5.82 Å². The highest BCUT2D eigenvalue weighted by Crippen LogP contribution is 2.26. The molecule has 0 radical (unpaired) electrons. The van der Waals surface area contributed by atoms with Gasteiger partial charge in [-0.1, -0.05) is 30.3 Å². The molecule has 1 saturated carbocycles. The number of rotatable bonds is 4. The molecular weight excluding hydrogens is 278 g/mol. The number of nitrogens with one attached hydrogen (secondary N) is 1. The van der Waals surface area contributed by atoms with Gasteiger partial charge in [-0.15, -0.1) is 0 Å². The standard InChI is InChI=1S/C17H19N3O2/c21-17(22)13-6-8-14(9-7-13)19-15-10-11-18-16(20-15)12-4-2-1-3-5-12/h1-5,10-11,13-14H,6-9H2,(H,21,22)(H,18,19,20). The molecule has 3 rings (SSSR count). The zero-order valence-electron chi connectivity index (χ0n) is 12.3. The second kappa shape index (κ2) is 6.56. The summed E-state index contributed by atoms with van der Waals surface area (Å²) >= 11 is 0. The number of nitrogens with zero attached hydrogens (tertiary/aromatic N) is 2. The second-order valence-electron chi connectivity index (χ2n) is 5.66. The molecule has 0 unspecified atom stereocenters. The maximum absolute atomic E-state index is 11.0. The van der Waals surface area contributed by atoms with E-state index in [2.05, 4.69) is 15.3 Å². The summed E-state index contributed by atoms with van der Waals surface area (Å²) in [7, 11) is 0. The number of aromatic nitrogens is 2. The minimum absolute atomic E-state index is 0.191. The van der Waals surface area contributed by atoms with E-state index in [0.29, 0.717) is 5.82 Å². The molecule has 5 heteroatoms. The lowest BCUT2D eigenvalue weighted by molar-refractivity contribution is -0.142. The van der Waals surface area contributed by atoms with Crippen molar-refractivity contribution in [2.24, 2.45) is 5.92 Å². The predicted molar refractivity (Wildman–Crippen MR) is 84.5 cm³/mol. The molecule has 1 aliphatic rings. The first-order valence-electron chi connectivity index (χ1n) is 7.60. The molecule has 1 aromatic carbocycles. The molecule has 0 bridgehead atoms. The summed E-state index contributed by atoms with van der Waals surface area (Å²) in [6.07, 6.45) is 4.93. The third-order valence-electron chi connectivity index (χ3n) is 4.12. The zero-order chi connectivity index (χ0) is 15.4. The van der Waals surface area contributed by atoms with Gasteiger partial charge < -0.3 is 10.4 Å². The van der Waals surface area contributed by atoms with Gasteiger partial charge in [-0.05, 0) is 31.7 Å². The van der Waals surface area contributed by atoms with Gasteiger partial charge in [0.1, 0.15) is 5.82 Å². The molecule has 2 N–H and O–H groups in total. The highest BCUT2D eigenvalue weighted by atomic mass is 16.4. The van der Waals surface area contributed by atoms with E-state index >= 15 is 0 Å². The topological polar surface area (TPSA) is 75.1 Å². The predicted octanol–water partition coefficient (Wildman–Crippen LogP) is 3.20. The van der Waals surface area contributed by atoms with E-state index < -0.39 is 5.97 Å². The number of carboxylic acids is 1. The quantitative estimate of drug-likeness (QED) is 0.906. The molecule has 22 heavy (non-hydrogen) atoms. The van der Waals surface area contributed by atoms with Gasteiger partial charge in [0.25, 0.3) is 0 Å². The first-order valence-corrected chi connectivity index (χ1v) is 7.60.